The minimum atomic E-state index is -0.810. The summed E-state index contributed by atoms with van der Waals surface area (Å²) in [4.78, 5) is 30.7. The average Bonchev–Trinajstić information content (AvgIpc) is 3.23. The Bertz CT molecular complexity index is 1300. The lowest BCUT2D eigenvalue weighted by molar-refractivity contribution is -0.140. The van der Waals surface area contributed by atoms with Crippen LogP contribution in [0.1, 0.15) is 36.6 Å². The number of hydrogen-bond donors (Lipinski definition) is 1. The van der Waals surface area contributed by atoms with E-state index in [4.69, 9.17) is 18.9 Å². The predicted octanol–water partition coefficient (Wildman–Crippen LogP) is 4.36. The van der Waals surface area contributed by atoms with Gasteiger partial charge in [-0.1, -0.05) is 32.6 Å². The highest BCUT2D eigenvalue weighted by atomic mass is 16.5. The van der Waals surface area contributed by atoms with E-state index in [-0.39, 0.29) is 11.3 Å². The standard InChI is InChI=1S/C32H40N2O7/c1-6-15-40-26-10-7-23(19-27(26)38-5)29-28(30(35)25-9-8-24(18-22(25)4)41-20-21(2)3)31(36)32(37)34(29)12-11-33-13-16-39-17-14-33/h6-10,18-19,21,29,35H,1,11-17,20H2,2-5H3/b30-28+. The molecule has 1 N–H and O–H groups in total. The van der Waals surface area contributed by atoms with Crippen LogP contribution in [0.15, 0.2) is 54.6 Å². The third kappa shape index (κ3) is 6.92. The number of aliphatic hydroxyl groups excluding tert-OH is 1. The van der Waals surface area contributed by atoms with Gasteiger partial charge in [-0.3, -0.25) is 14.5 Å². The van der Waals surface area contributed by atoms with Crippen molar-refractivity contribution in [1.29, 1.82) is 0 Å². The van der Waals surface area contributed by atoms with Crippen LogP contribution in [0.3, 0.4) is 0 Å². The monoisotopic (exact) mass is 564 g/mol. The summed E-state index contributed by atoms with van der Waals surface area (Å²) >= 11 is 0. The number of nitrogens with zero attached hydrogens (tertiary/aromatic N) is 2. The smallest absolute Gasteiger partial charge is 0.295 e. The SMILES string of the molecule is C=CCOc1ccc(C2/C(=C(\O)c3ccc(OCC(C)C)cc3C)C(=O)C(=O)N2CCN2CCOCC2)cc1OC. The molecule has 0 aliphatic carbocycles. The molecule has 41 heavy (non-hydrogen) atoms. The maximum Gasteiger partial charge on any atom is 0.295 e. The summed E-state index contributed by atoms with van der Waals surface area (Å²) in [5, 5.41) is 11.6. The average molecular weight is 565 g/mol. The summed E-state index contributed by atoms with van der Waals surface area (Å²) in [6, 6.07) is 9.80. The van der Waals surface area contributed by atoms with Crippen molar-refractivity contribution in [3.8, 4) is 17.2 Å². The van der Waals surface area contributed by atoms with Gasteiger partial charge in [-0.15, -0.1) is 0 Å². The Kier molecular flexibility index (Phi) is 10.1. The van der Waals surface area contributed by atoms with E-state index < -0.39 is 17.7 Å². The van der Waals surface area contributed by atoms with Gasteiger partial charge in [0.2, 0.25) is 0 Å². The Labute approximate surface area is 241 Å². The van der Waals surface area contributed by atoms with Gasteiger partial charge in [-0.05, 0) is 54.3 Å². The van der Waals surface area contributed by atoms with Crippen LogP contribution in [-0.4, -0.2) is 86.3 Å². The quantitative estimate of drug-likeness (QED) is 0.176. The number of carbonyl (C=O) groups is 2. The molecular formula is C32H40N2O7. The number of rotatable bonds is 12. The van der Waals surface area contributed by atoms with Crippen molar-refractivity contribution < 1.29 is 33.6 Å². The van der Waals surface area contributed by atoms with Gasteiger partial charge in [-0.2, -0.15) is 0 Å². The van der Waals surface area contributed by atoms with Gasteiger partial charge < -0.3 is 29.0 Å². The minimum Gasteiger partial charge on any atom is -0.507 e. The number of likely N-dealkylation sites (tertiary alicyclic amines) is 1. The van der Waals surface area contributed by atoms with Crippen LogP contribution < -0.4 is 14.2 Å². The molecule has 0 saturated carbocycles. The first-order chi connectivity index (χ1) is 19.7. The topological polar surface area (TPSA) is 97.8 Å². The number of ether oxygens (including phenoxy) is 4. The first kappa shape index (κ1) is 30.1. The van der Waals surface area contributed by atoms with E-state index in [0.717, 1.165) is 18.7 Å². The van der Waals surface area contributed by atoms with Crippen LogP contribution in [0, 0.1) is 12.8 Å². The molecule has 2 aromatic rings. The molecule has 9 nitrogen and oxygen atoms in total. The van der Waals surface area contributed by atoms with Gasteiger partial charge in [0.1, 0.15) is 18.1 Å². The van der Waals surface area contributed by atoms with E-state index in [1.54, 1.807) is 36.4 Å². The molecule has 0 spiro atoms. The zero-order chi connectivity index (χ0) is 29.5. The van der Waals surface area contributed by atoms with Crippen LogP contribution in [0.5, 0.6) is 17.2 Å². The number of carbonyl (C=O) groups excluding carboxylic acids is 2. The lowest BCUT2D eigenvalue weighted by Crippen LogP contribution is -2.42. The van der Waals surface area contributed by atoms with E-state index in [2.05, 4.69) is 25.3 Å². The van der Waals surface area contributed by atoms with Crippen LogP contribution in [0.2, 0.25) is 0 Å². The van der Waals surface area contributed by atoms with Crippen molar-refractivity contribution in [2.75, 3.05) is 59.7 Å². The predicted molar refractivity (Wildman–Crippen MR) is 156 cm³/mol. The third-order valence-corrected chi connectivity index (χ3v) is 7.20. The maximum absolute atomic E-state index is 13.5. The summed E-state index contributed by atoms with van der Waals surface area (Å²) in [6.45, 7) is 14.2. The zero-order valence-corrected chi connectivity index (χ0v) is 24.4. The number of methoxy groups -OCH3 is 1. The van der Waals surface area contributed by atoms with Gasteiger partial charge in [0.05, 0.1) is 38.5 Å². The molecule has 4 rings (SSSR count). The van der Waals surface area contributed by atoms with Crippen LogP contribution in [-0.2, 0) is 14.3 Å². The molecule has 2 aliphatic heterocycles. The molecule has 1 unspecified atom stereocenters. The summed E-state index contributed by atoms with van der Waals surface area (Å²) in [6.07, 6.45) is 1.63. The Balaban J connectivity index is 1.76. The lowest BCUT2D eigenvalue weighted by atomic mass is 9.93. The van der Waals surface area contributed by atoms with Gasteiger partial charge in [0.15, 0.2) is 11.5 Å². The second-order valence-electron chi connectivity index (χ2n) is 10.6. The van der Waals surface area contributed by atoms with Crippen LogP contribution in [0.25, 0.3) is 5.76 Å². The van der Waals surface area contributed by atoms with Crippen molar-refractivity contribution in [2.45, 2.75) is 26.8 Å². The van der Waals surface area contributed by atoms with Gasteiger partial charge in [0, 0.05) is 31.7 Å². The van der Waals surface area contributed by atoms with Crippen LogP contribution in [0.4, 0.5) is 0 Å². The molecule has 2 fully saturated rings. The minimum absolute atomic E-state index is 0.0396. The molecule has 0 aromatic heterocycles. The summed E-state index contributed by atoms with van der Waals surface area (Å²) in [5.41, 5.74) is 1.87. The van der Waals surface area contributed by atoms with Gasteiger partial charge in [0.25, 0.3) is 11.7 Å². The molecule has 1 atom stereocenters. The van der Waals surface area contributed by atoms with Crippen molar-refractivity contribution in [3.05, 3.63) is 71.3 Å². The van der Waals surface area contributed by atoms with E-state index in [1.807, 2.05) is 13.0 Å². The Hall–Kier alpha value is -3.82. The van der Waals surface area contributed by atoms with Gasteiger partial charge >= 0.3 is 0 Å². The lowest BCUT2D eigenvalue weighted by Gasteiger charge is -2.31. The Morgan fingerprint density at radius 1 is 1.10 bits per heavy atom. The fourth-order valence-corrected chi connectivity index (χ4v) is 5.05. The van der Waals surface area contributed by atoms with E-state index >= 15 is 0 Å². The van der Waals surface area contributed by atoms with Crippen molar-refractivity contribution in [2.24, 2.45) is 5.92 Å². The summed E-state index contributed by atoms with van der Waals surface area (Å²) < 4.78 is 22.6. The molecule has 0 radical (unpaired) electrons. The summed E-state index contributed by atoms with van der Waals surface area (Å²) in [7, 11) is 1.53. The number of aliphatic hydroxyl groups is 1. The zero-order valence-electron chi connectivity index (χ0n) is 24.4. The van der Waals surface area contributed by atoms with Gasteiger partial charge in [-0.25, -0.2) is 0 Å². The fourth-order valence-electron chi connectivity index (χ4n) is 5.05. The highest BCUT2D eigenvalue weighted by molar-refractivity contribution is 6.46. The first-order valence-electron chi connectivity index (χ1n) is 14.0. The Morgan fingerprint density at radius 3 is 2.51 bits per heavy atom. The maximum atomic E-state index is 13.5. The largest absolute Gasteiger partial charge is 0.507 e. The Morgan fingerprint density at radius 2 is 1.85 bits per heavy atom. The number of Topliss-reactive ketones (excluding diaryl/α,β-unsaturated/α-hetero) is 1. The van der Waals surface area contributed by atoms with E-state index in [9.17, 15) is 14.7 Å². The summed E-state index contributed by atoms with van der Waals surface area (Å²) in [5.74, 6) is 0.407. The second-order valence-corrected chi connectivity index (χ2v) is 10.6. The van der Waals surface area contributed by atoms with Crippen molar-refractivity contribution in [3.63, 3.8) is 0 Å². The number of amides is 1. The normalized spacial score (nSPS) is 19.0. The molecule has 1 amide bonds. The number of hydrogen-bond acceptors (Lipinski definition) is 8. The molecule has 220 valence electrons. The van der Waals surface area contributed by atoms with E-state index in [1.165, 1.54) is 12.0 Å². The molecule has 9 heteroatoms. The highest BCUT2D eigenvalue weighted by Gasteiger charge is 2.46. The molecule has 0 bridgehead atoms. The highest BCUT2D eigenvalue weighted by Crippen LogP contribution is 2.42. The fraction of sp³-hybridized carbons (Fsp3) is 0.438. The molecule has 2 aliphatic rings. The van der Waals surface area contributed by atoms with E-state index in [0.29, 0.717) is 73.8 Å². The number of ketones is 1. The molecule has 2 saturated heterocycles. The van der Waals surface area contributed by atoms with Crippen molar-refractivity contribution >= 4 is 17.4 Å². The van der Waals surface area contributed by atoms with Crippen LogP contribution >= 0.6 is 0 Å². The second kappa shape index (κ2) is 13.7. The third-order valence-electron chi connectivity index (χ3n) is 7.20. The molecule has 2 aromatic carbocycles. The molecular weight excluding hydrogens is 524 g/mol. The number of morpholine rings is 1. The molecule has 2 heterocycles. The number of benzene rings is 2. The first-order valence-corrected chi connectivity index (χ1v) is 14.0. The number of aryl methyl sites for hydroxylation is 1. The van der Waals surface area contributed by atoms with Crippen molar-refractivity contribution in [1.82, 2.24) is 9.80 Å².